The summed E-state index contributed by atoms with van der Waals surface area (Å²) in [4.78, 5) is 14.0. The quantitative estimate of drug-likeness (QED) is 0.603. The molecule has 0 saturated heterocycles. The molecule has 0 aliphatic carbocycles. The Morgan fingerprint density at radius 2 is 2.06 bits per heavy atom. The van der Waals surface area contributed by atoms with Crippen molar-refractivity contribution in [3.63, 3.8) is 0 Å². The SMILES string of the molecule is CC(CO)CCCNc1nc(N)nc(N(C)C)n1. The highest BCUT2D eigenvalue weighted by molar-refractivity contribution is 5.40. The van der Waals surface area contributed by atoms with Crippen LogP contribution < -0.4 is 16.0 Å². The summed E-state index contributed by atoms with van der Waals surface area (Å²) in [6.45, 7) is 3.00. The highest BCUT2D eigenvalue weighted by atomic mass is 16.3. The largest absolute Gasteiger partial charge is 0.396 e. The molecule has 1 aromatic rings. The van der Waals surface area contributed by atoms with E-state index in [9.17, 15) is 0 Å². The fraction of sp³-hybridized carbons (Fsp3) is 0.727. The molecule has 1 rings (SSSR count). The minimum absolute atomic E-state index is 0.208. The monoisotopic (exact) mass is 254 g/mol. The van der Waals surface area contributed by atoms with Crippen molar-refractivity contribution >= 4 is 17.8 Å². The first-order valence-electron chi connectivity index (χ1n) is 6.06. The Kier molecular flexibility index (Phi) is 5.57. The van der Waals surface area contributed by atoms with E-state index in [0.29, 0.717) is 17.8 Å². The summed E-state index contributed by atoms with van der Waals surface area (Å²) >= 11 is 0. The van der Waals surface area contributed by atoms with E-state index in [4.69, 9.17) is 10.8 Å². The number of nitrogens with zero attached hydrogens (tertiary/aromatic N) is 4. The predicted molar refractivity (Wildman–Crippen MR) is 72.5 cm³/mol. The zero-order valence-corrected chi connectivity index (χ0v) is 11.2. The summed E-state index contributed by atoms with van der Waals surface area (Å²) in [7, 11) is 3.70. The first-order valence-corrected chi connectivity index (χ1v) is 6.06. The van der Waals surface area contributed by atoms with Crippen molar-refractivity contribution in [3.05, 3.63) is 0 Å². The van der Waals surface area contributed by atoms with Gasteiger partial charge in [0.1, 0.15) is 0 Å². The smallest absolute Gasteiger partial charge is 0.231 e. The number of anilines is 3. The summed E-state index contributed by atoms with van der Waals surface area (Å²) in [5.74, 6) is 1.56. The molecule has 0 spiro atoms. The van der Waals surface area contributed by atoms with Crippen LogP contribution >= 0.6 is 0 Å². The van der Waals surface area contributed by atoms with Crippen LogP contribution in [0.4, 0.5) is 17.8 Å². The number of rotatable bonds is 7. The van der Waals surface area contributed by atoms with Gasteiger partial charge in [0.15, 0.2) is 0 Å². The third-order valence-corrected chi connectivity index (χ3v) is 2.51. The van der Waals surface area contributed by atoms with E-state index in [1.54, 1.807) is 4.90 Å². The molecule has 1 atom stereocenters. The van der Waals surface area contributed by atoms with Crippen molar-refractivity contribution in [1.29, 1.82) is 0 Å². The van der Waals surface area contributed by atoms with Crippen LogP contribution in [0.15, 0.2) is 0 Å². The van der Waals surface area contributed by atoms with Gasteiger partial charge in [0.05, 0.1) is 0 Å². The van der Waals surface area contributed by atoms with Crippen molar-refractivity contribution in [3.8, 4) is 0 Å². The summed E-state index contributed by atoms with van der Waals surface area (Å²) in [5, 5.41) is 12.0. The van der Waals surface area contributed by atoms with Crippen LogP contribution in [-0.4, -0.2) is 47.3 Å². The lowest BCUT2D eigenvalue weighted by molar-refractivity contribution is 0.229. The zero-order chi connectivity index (χ0) is 13.5. The average Bonchev–Trinajstić information content (AvgIpc) is 2.33. The second-order valence-corrected chi connectivity index (χ2v) is 4.57. The van der Waals surface area contributed by atoms with Gasteiger partial charge >= 0.3 is 0 Å². The highest BCUT2D eigenvalue weighted by Crippen LogP contribution is 2.10. The maximum Gasteiger partial charge on any atom is 0.231 e. The third-order valence-electron chi connectivity index (χ3n) is 2.51. The normalized spacial score (nSPS) is 12.2. The number of hydrogen-bond donors (Lipinski definition) is 3. The molecule has 0 bridgehead atoms. The van der Waals surface area contributed by atoms with E-state index in [1.165, 1.54) is 0 Å². The number of aliphatic hydroxyl groups is 1. The van der Waals surface area contributed by atoms with Crippen LogP contribution in [0.5, 0.6) is 0 Å². The van der Waals surface area contributed by atoms with E-state index < -0.39 is 0 Å². The maximum atomic E-state index is 8.91. The molecule has 18 heavy (non-hydrogen) atoms. The molecule has 0 amide bonds. The minimum atomic E-state index is 0.208. The van der Waals surface area contributed by atoms with Gasteiger partial charge in [0, 0.05) is 27.2 Å². The molecule has 1 heterocycles. The molecule has 0 aromatic carbocycles. The second-order valence-electron chi connectivity index (χ2n) is 4.57. The fourth-order valence-electron chi connectivity index (χ4n) is 1.40. The second kappa shape index (κ2) is 6.95. The lowest BCUT2D eigenvalue weighted by Gasteiger charge is -2.12. The van der Waals surface area contributed by atoms with Gasteiger partial charge in [0.2, 0.25) is 17.8 Å². The van der Waals surface area contributed by atoms with Gasteiger partial charge in [-0.25, -0.2) is 0 Å². The molecule has 0 aliphatic heterocycles. The van der Waals surface area contributed by atoms with Crippen LogP contribution in [-0.2, 0) is 0 Å². The Labute approximate surface area is 107 Å². The third kappa shape index (κ3) is 4.70. The Bertz CT molecular complexity index is 371. The van der Waals surface area contributed by atoms with Crippen LogP contribution in [0.2, 0.25) is 0 Å². The first kappa shape index (κ1) is 14.4. The Hall–Kier alpha value is -1.63. The van der Waals surface area contributed by atoms with E-state index in [2.05, 4.69) is 20.3 Å². The van der Waals surface area contributed by atoms with Gasteiger partial charge in [0.25, 0.3) is 0 Å². The Balaban J connectivity index is 2.47. The fourth-order valence-corrected chi connectivity index (χ4v) is 1.40. The minimum Gasteiger partial charge on any atom is -0.396 e. The van der Waals surface area contributed by atoms with Crippen molar-refractivity contribution in [2.45, 2.75) is 19.8 Å². The van der Waals surface area contributed by atoms with Gasteiger partial charge in [-0.2, -0.15) is 15.0 Å². The number of nitrogens with one attached hydrogen (secondary N) is 1. The summed E-state index contributed by atoms with van der Waals surface area (Å²) in [6, 6.07) is 0. The highest BCUT2D eigenvalue weighted by Gasteiger charge is 2.05. The number of aliphatic hydroxyl groups excluding tert-OH is 1. The molecular formula is C11H22N6O. The summed E-state index contributed by atoms with van der Waals surface area (Å²) in [6.07, 6.45) is 1.91. The number of nitrogens with two attached hydrogens (primary N) is 1. The Morgan fingerprint density at radius 3 is 2.67 bits per heavy atom. The van der Waals surface area contributed by atoms with Gasteiger partial charge < -0.3 is 21.1 Å². The van der Waals surface area contributed by atoms with Crippen molar-refractivity contribution < 1.29 is 5.11 Å². The molecule has 0 fully saturated rings. The number of nitrogen functional groups attached to an aromatic ring is 1. The van der Waals surface area contributed by atoms with Gasteiger partial charge in [-0.1, -0.05) is 6.92 Å². The van der Waals surface area contributed by atoms with E-state index in [1.807, 2.05) is 21.0 Å². The van der Waals surface area contributed by atoms with Crippen molar-refractivity contribution in [2.75, 3.05) is 43.2 Å². The van der Waals surface area contributed by atoms with Crippen LogP contribution in [0, 0.1) is 5.92 Å². The standard InChI is InChI=1S/C11H22N6O/c1-8(7-18)5-4-6-13-10-14-9(12)15-11(16-10)17(2)3/h8,18H,4-7H2,1-3H3,(H3,12,13,14,15,16). The van der Waals surface area contributed by atoms with E-state index >= 15 is 0 Å². The predicted octanol–water partition coefficient (Wildman–Crippen LogP) is 0.340. The van der Waals surface area contributed by atoms with Crippen LogP contribution in [0.1, 0.15) is 19.8 Å². The molecule has 1 unspecified atom stereocenters. The lowest BCUT2D eigenvalue weighted by Crippen LogP contribution is -2.17. The van der Waals surface area contributed by atoms with Gasteiger partial charge in [-0.05, 0) is 18.8 Å². The van der Waals surface area contributed by atoms with Crippen molar-refractivity contribution in [2.24, 2.45) is 5.92 Å². The van der Waals surface area contributed by atoms with Crippen LogP contribution in [0.3, 0.4) is 0 Å². The number of hydrogen-bond acceptors (Lipinski definition) is 7. The summed E-state index contributed by atoms with van der Waals surface area (Å²) < 4.78 is 0. The molecular weight excluding hydrogens is 232 g/mol. The molecule has 102 valence electrons. The molecule has 1 aromatic heterocycles. The van der Waals surface area contributed by atoms with Gasteiger partial charge in [-0.15, -0.1) is 0 Å². The maximum absolute atomic E-state index is 8.91. The molecule has 4 N–H and O–H groups in total. The molecule has 0 aliphatic rings. The van der Waals surface area contributed by atoms with E-state index in [0.717, 1.165) is 19.4 Å². The molecule has 0 radical (unpaired) electrons. The average molecular weight is 254 g/mol. The topological polar surface area (TPSA) is 100 Å². The van der Waals surface area contributed by atoms with E-state index in [-0.39, 0.29) is 12.6 Å². The van der Waals surface area contributed by atoms with Crippen molar-refractivity contribution in [1.82, 2.24) is 15.0 Å². The zero-order valence-electron chi connectivity index (χ0n) is 11.2. The lowest BCUT2D eigenvalue weighted by atomic mass is 10.1. The molecule has 7 heteroatoms. The van der Waals surface area contributed by atoms with Crippen LogP contribution in [0.25, 0.3) is 0 Å². The number of aromatic nitrogens is 3. The Morgan fingerprint density at radius 1 is 1.33 bits per heavy atom. The first-order chi connectivity index (χ1) is 8.52. The summed E-state index contributed by atoms with van der Waals surface area (Å²) in [5.41, 5.74) is 5.61. The molecule has 7 nitrogen and oxygen atoms in total. The van der Waals surface area contributed by atoms with Gasteiger partial charge in [-0.3, -0.25) is 0 Å². The molecule has 0 saturated carbocycles.